The second-order valence-corrected chi connectivity index (χ2v) is 7.20. The van der Waals surface area contributed by atoms with E-state index in [1.165, 1.54) is 51.2 Å². The standard InChI is InChI=1S/C15H13.2C6H5.C5H5.2ClH.Si.Zr/c1-2-11-7-5-8-13-10-12-6-3-4-9-14(12)15(11)13;2*1-2-4-6-5-3-1;1-2-4-5-3-1;;;;/h3-7,9H,2,10H2,1H3;2*1-5H;1-3H,4H2;2*1H;;/q4*-1;;;;. The molecule has 0 fully saturated rings. The van der Waals surface area contributed by atoms with Gasteiger partial charge in [-0.05, 0) is 6.42 Å². The summed E-state index contributed by atoms with van der Waals surface area (Å²) in [6.45, 7) is 5.28. The van der Waals surface area contributed by atoms with Crippen molar-refractivity contribution in [2.45, 2.75) is 26.2 Å². The van der Waals surface area contributed by atoms with Crippen LogP contribution in [-0.2, 0) is 36.2 Å². The third kappa shape index (κ3) is 12.3. The molecule has 6 rings (SSSR count). The molecule has 4 aromatic rings. The van der Waals surface area contributed by atoms with Gasteiger partial charge in [0.25, 0.3) is 0 Å². The van der Waals surface area contributed by atoms with Gasteiger partial charge in [-0.15, -0.1) is 42.4 Å². The molecule has 0 amide bonds. The molecule has 0 saturated heterocycles. The first-order valence-corrected chi connectivity index (χ1v) is 15.5. The molecule has 0 unspecified atom stereocenters. The summed E-state index contributed by atoms with van der Waals surface area (Å²) in [7, 11) is 0. The van der Waals surface area contributed by atoms with Crippen molar-refractivity contribution >= 4 is 31.7 Å². The summed E-state index contributed by atoms with van der Waals surface area (Å²) in [6.07, 6.45) is 12.2. The zero-order valence-corrected chi connectivity index (χ0v) is 25.5. The van der Waals surface area contributed by atoms with Crippen molar-refractivity contribution in [3.05, 3.63) is 156 Å². The minimum absolute atomic E-state index is 0. The molecular weight excluding hydrogens is 575 g/mol. The topological polar surface area (TPSA) is 0 Å². The molecule has 184 valence electrons. The Morgan fingerprint density at radius 1 is 0.778 bits per heavy atom. The quantitative estimate of drug-likeness (QED) is 0.133. The number of fused-ring (bicyclic) bond motifs is 3. The molecule has 4 aromatic carbocycles. The zero-order valence-electron chi connectivity index (χ0n) is 20.4. The molecule has 2 radical (unpaired) electrons. The Labute approximate surface area is 247 Å². The van der Waals surface area contributed by atoms with E-state index in [2.05, 4.69) is 80.6 Å². The minimum atomic E-state index is 0. The number of allylic oxidation sites excluding steroid dienone is 4. The number of halogens is 2. The van der Waals surface area contributed by atoms with E-state index >= 15 is 0 Å². The van der Waals surface area contributed by atoms with E-state index in [0.717, 1.165) is 19.3 Å². The Balaban J connectivity index is 0.000000490. The molecule has 2 aliphatic carbocycles. The van der Waals surface area contributed by atoms with Crippen molar-refractivity contribution in [3.63, 3.8) is 0 Å². The summed E-state index contributed by atoms with van der Waals surface area (Å²) in [4.78, 5) is 0. The van der Waals surface area contributed by atoms with Crippen LogP contribution in [0, 0.1) is 24.3 Å². The van der Waals surface area contributed by atoms with Crippen LogP contribution in [0.25, 0.3) is 11.1 Å². The Morgan fingerprint density at radius 3 is 1.81 bits per heavy atom. The van der Waals surface area contributed by atoms with Crippen LogP contribution in [0.1, 0.15) is 30.0 Å². The zero-order chi connectivity index (χ0) is 24.3. The van der Waals surface area contributed by atoms with Crippen LogP contribution >= 0.6 is 24.8 Å². The van der Waals surface area contributed by atoms with Crippen molar-refractivity contribution in [1.29, 1.82) is 0 Å². The summed E-state index contributed by atoms with van der Waals surface area (Å²) in [5.74, 6) is 0. The number of benzene rings is 4. The molecule has 0 atom stereocenters. The summed E-state index contributed by atoms with van der Waals surface area (Å²) in [5.41, 5.74) is 7.13. The van der Waals surface area contributed by atoms with Crippen LogP contribution in [0.2, 0.25) is 0 Å². The molecule has 0 saturated carbocycles. The summed E-state index contributed by atoms with van der Waals surface area (Å²) in [5, 5.41) is 0. The Kier molecular flexibility index (Phi) is 21.0. The van der Waals surface area contributed by atoms with E-state index < -0.39 is 0 Å². The first kappa shape index (κ1) is 34.0. The Morgan fingerprint density at radius 2 is 1.39 bits per heavy atom. The second kappa shape index (κ2) is 22.3. The Bertz CT molecular complexity index is 1030. The number of hydrogen-bond donors (Lipinski definition) is 0. The third-order valence-corrected chi connectivity index (χ3v) is 5.00. The molecule has 0 aliphatic heterocycles. The van der Waals surface area contributed by atoms with Crippen LogP contribution in [0.4, 0.5) is 0 Å². The van der Waals surface area contributed by atoms with E-state index in [1.807, 2.05) is 72.8 Å². The second-order valence-electron chi connectivity index (χ2n) is 7.20. The van der Waals surface area contributed by atoms with Gasteiger partial charge < -0.3 is 0 Å². The minimum Gasteiger partial charge on any atom is -0.184 e. The average Bonchev–Trinajstić information content (AvgIpc) is 3.64. The van der Waals surface area contributed by atoms with E-state index in [0.29, 0.717) is 0 Å². The van der Waals surface area contributed by atoms with Gasteiger partial charge in [0, 0.05) is 0 Å². The van der Waals surface area contributed by atoms with Gasteiger partial charge in [0.15, 0.2) is 0 Å². The van der Waals surface area contributed by atoms with Gasteiger partial charge in [-0.1, -0.05) is 48.7 Å². The molecule has 0 N–H and O–H groups in total. The molecule has 0 nitrogen and oxygen atoms in total. The monoisotopic (exact) mass is 602 g/mol. The fourth-order valence-corrected chi connectivity index (χ4v) is 3.49. The van der Waals surface area contributed by atoms with Crippen LogP contribution in [0.15, 0.2) is 115 Å². The molecule has 0 aromatic heterocycles. The van der Waals surface area contributed by atoms with Crippen molar-refractivity contribution in [3.8, 4) is 11.1 Å². The maximum atomic E-state index is 3.37. The molecule has 36 heavy (non-hydrogen) atoms. The molecule has 0 heterocycles. The van der Waals surface area contributed by atoms with E-state index in [-0.39, 0.29) is 24.8 Å². The van der Waals surface area contributed by atoms with Crippen LogP contribution < -0.4 is 0 Å². The van der Waals surface area contributed by atoms with E-state index in [9.17, 15) is 0 Å². The van der Waals surface area contributed by atoms with Crippen molar-refractivity contribution in [2.75, 3.05) is 0 Å². The molecule has 0 bridgehead atoms. The van der Waals surface area contributed by atoms with Gasteiger partial charge >= 0.3 is 30.2 Å². The van der Waals surface area contributed by atoms with Crippen molar-refractivity contribution < 1.29 is 23.3 Å². The number of rotatable bonds is 1. The first-order valence-electron chi connectivity index (χ1n) is 11.3. The van der Waals surface area contributed by atoms with Gasteiger partial charge in [-0.25, -0.2) is 12.2 Å². The number of hydrogen-bond acceptors (Lipinski definition) is 0. The maximum Gasteiger partial charge on any atom is -0.171 e. The van der Waals surface area contributed by atoms with E-state index in [1.54, 1.807) is 0 Å². The molecule has 4 heteroatoms. The van der Waals surface area contributed by atoms with Gasteiger partial charge in [0.05, 0.1) is 0 Å². The van der Waals surface area contributed by atoms with E-state index in [4.69, 9.17) is 0 Å². The molecule has 0 spiro atoms. The predicted octanol–water partition coefficient (Wildman–Crippen LogP) is 8.36. The van der Waals surface area contributed by atoms with Gasteiger partial charge in [0.2, 0.25) is 0 Å². The smallest absolute Gasteiger partial charge is 0.171 e. The van der Waals surface area contributed by atoms with Crippen molar-refractivity contribution in [2.24, 2.45) is 0 Å². The average molecular weight is 605 g/mol. The fourth-order valence-electron chi connectivity index (χ4n) is 3.49. The normalized spacial score (nSPS) is 10.3. The summed E-state index contributed by atoms with van der Waals surface area (Å²) in [6, 6.07) is 41.3. The Hall–Kier alpha value is -1.96. The van der Waals surface area contributed by atoms with Crippen LogP contribution in [-0.4, -0.2) is 6.88 Å². The molecular formula is C32H30Cl2SiZr-4. The van der Waals surface area contributed by atoms with Gasteiger partial charge in [-0.2, -0.15) is 103 Å². The summed E-state index contributed by atoms with van der Waals surface area (Å²) >= 11 is 1.36. The van der Waals surface area contributed by atoms with Gasteiger partial charge in [0.1, 0.15) is 0 Å². The van der Waals surface area contributed by atoms with Crippen LogP contribution in [0.5, 0.6) is 0 Å². The first-order chi connectivity index (χ1) is 16.9. The number of aryl methyl sites for hydroxylation is 1. The fraction of sp³-hybridized carbons (Fsp3) is 0.125. The maximum absolute atomic E-state index is 3.37. The predicted molar refractivity (Wildman–Crippen MR) is 155 cm³/mol. The summed E-state index contributed by atoms with van der Waals surface area (Å²) < 4.78 is 0. The van der Waals surface area contributed by atoms with Crippen molar-refractivity contribution in [1.82, 2.24) is 0 Å². The van der Waals surface area contributed by atoms with Crippen LogP contribution in [0.3, 0.4) is 0 Å². The molecule has 2 aliphatic rings. The SMILES string of the molecule is CCc1cc[c-]c2c1-c1ccccc1C2.Cl.Cl.[C-]1=CC=CC1.[Si]=[Zr].[c-]1ccccc1.[c-]1ccccc1. The third-order valence-electron chi connectivity index (χ3n) is 5.00. The largest absolute Gasteiger partial charge is 0.184 e. The van der Waals surface area contributed by atoms with Gasteiger partial charge in [-0.3, -0.25) is 6.08 Å².